The van der Waals surface area contributed by atoms with Gasteiger partial charge >= 0.3 is 0 Å². The largest absolute Gasteiger partial charge is 0.348 e. The van der Waals surface area contributed by atoms with Crippen molar-refractivity contribution in [3.8, 4) is 0 Å². The van der Waals surface area contributed by atoms with Gasteiger partial charge in [0.15, 0.2) is 0 Å². The van der Waals surface area contributed by atoms with Crippen molar-refractivity contribution in [1.82, 2.24) is 9.62 Å². The van der Waals surface area contributed by atoms with Crippen molar-refractivity contribution in [2.24, 2.45) is 0 Å². The van der Waals surface area contributed by atoms with Gasteiger partial charge in [-0.05, 0) is 60.1 Å². The smallest absolute Gasteiger partial charge is 0.247 e. The molecule has 1 aliphatic carbocycles. The molecule has 1 aliphatic heterocycles. The summed E-state index contributed by atoms with van der Waals surface area (Å²) in [5, 5.41) is 3.10. The maximum atomic E-state index is 14.5. The lowest BCUT2D eigenvalue weighted by Gasteiger charge is -2.36. The van der Waals surface area contributed by atoms with Gasteiger partial charge in [-0.3, -0.25) is 4.79 Å². The summed E-state index contributed by atoms with van der Waals surface area (Å²) in [5.41, 5.74) is 4.04. The predicted octanol–water partition coefficient (Wildman–Crippen LogP) is 4.14. The van der Waals surface area contributed by atoms with Gasteiger partial charge in [0, 0.05) is 6.54 Å². The second kappa shape index (κ2) is 8.72. The van der Waals surface area contributed by atoms with Crippen molar-refractivity contribution in [2.75, 3.05) is 0 Å². The van der Waals surface area contributed by atoms with E-state index in [1.807, 2.05) is 42.5 Å². The lowest BCUT2D eigenvalue weighted by Crippen LogP contribution is -2.53. The molecule has 5 rings (SSSR count). The van der Waals surface area contributed by atoms with E-state index in [0.717, 1.165) is 46.3 Å². The van der Waals surface area contributed by atoms with E-state index in [1.54, 1.807) is 0 Å². The molecule has 0 aromatic heterocycles. The molecule has 33 heavy (non-hydrogen) atoms. The summed E-state index contributed by atoms with van der Waals surface area (Å²) in [7, 11) is -4.23. The van der Waals surface area contributed by atoms with Gasteiger partial charge in [-0.15, -0.1) is 0 Å². The molecule has 1 heterocycles. The van der Waals surface area contributed by atoms with Crippen molar-refractivity contribution in [1.29, 1.82) is 0 Å². The van der Waals surface area contributed by atoms with E-state index in [2.05, 4.69) is 11.4 Å². The van der Waals surface area contributed by atoms with Crippen LogP contribution in [-0.2, 0) is 34.2 Å². The fraction of sp³-hybridized carbons (Fsp3) is 0.269. The molecule has 3 aromatic carbocycles. The lowest BCUT2D eigenvalue weighted by atomic mass is 9.87. The number of benzene rings is 3. The molecule has 7 heteroatoms. The van der Waals surface area contributed by atoms with Gasteiger partial charge in [-0.1, -0.05) is 60.7 Å². The average Bonchev–Trinajstić information content (AvgIpc) is 2.83. The number of aryl methyl sites for hydroxylation is 1. The maximum absolute atomic E-state index is 14.5. The summed E-state index contributed by atoms with van der Waals surface area (Å²) in [6.07, 6.45) is 2.95. The molecule has 1 amide bonds. The monoisotopic (exact) mass is 464 g/mol. The fourth-order valence-electron chi connectivity index (χ4n) is 4.93. The van der Waals surface area contributed by atoms with Crippen molar-refractivity contribution < 1.29 is 17.6 Å². The van der Waals surface area contributed by atoms with Crippen LogP contribution in [0.1, 0.15) is 41.1 Å². The predicted molar refractivity (Wildman–Crippen MR) is 123 cm³/mol. The zero-order valence-corrected chi connectivity index (χ0v) is 18.9. The molecule has 0 saturated carbocycles. The number of amides is 1. The average molecular weight is 465 g/mol. The van der Waals surface area contributed by atoms with Gasteiger partial charge < -0.3 is 5.32 Å². The first kappa shape index (κ1) is 21.8. The van der Waals surface area contributed by atoms with Gasteiger partial charge in [0.05, 0.1) is 6.04 Å². The minimum atomic E-state index is -4.23. The zero-order chi connectivity index (χ0) is 23.0. The summed E-state index contributed by atoms with van der Waals surface area (Å²) in [4.78, 5) is 13.1. The lowest BCUT2D eigenvalue weighted by molar-refractivity contribution is -0.126. The van der Waals surface area contributed by atoms with Crippen LogP contribution in [0.15, 0.2) is 77.7 Å². The van der Waals surface area contributed by atoms with Crippen molar-refractivity contribution in [3.05, 3.63) is 101 Å². The van der Waals surface area contributed by atoms with E-state index in [1.165, 1.54) is 23.8 Å². The van der Waals surface area contributed by atoms with Crippen LogP contribution in [0.5, 0.6) is 0 Å². The van der Waals surface area contributed by atoms with Crippen molar-refractivity contribution in [3.63, 3.8) is 0 Å². The molecule has 170 valence electrons. The minimum absolute atomic E-state index is 0.0200. The highest BCUT2D eigenvalue weighted by molar-refractivity contribution is 7.89. The van der Waals surface area contributed by atoms with E-state index in [4.69, 9.17) is 0 Å². The molecule has 0 saturated heterocycles. The number of hydrogen-bond acceptors (Lipinski definition) is 3. The number of carbonyl (C=O) groups excluding carboxylic acids is 1. The molecule has 3 aromatic rings. The third-order valence-corrected chi connectivity index (χ3v) is 8.51. The van der Waals surface area contributed by atoms with Crippen LogP contribution in [0.2, 0.25) is 0 Å². The summed E-state index contributed by atoms with van der Waals surface area (Å²) in [5.74, 6) is -1.18. The van der Waals surface area contributed by atoms with Crippen molar-refractivity contribution >= 4 is 15.9 Å². The Morgan fingerprint density at radius 1 is 0.909 bits per heavy atom. The highest BCUT2D eigenvalue weighted by Crippen LogP contribution is 2.33. The molecule has 5 nitrogen and oxygen atoms in total. The van der Waals surface area contributed by atoms with E-state index in [0.29, 0.717) is 0 Å². The number of halogens is 1. The molecule has 0 spiro atoms. The van der Waals surface area contributed by atoms with E-state index in [-0.39, 0.29) is 24.9 Å². The molecule has 0 radical (unpaired) electrons. The molecule has 0 unspecified atom stereocenters. The van der Waals surface area contributed by atoms with Crippen LogP contribution in [0.25, 0.3) is 0 Å². The normalized spacial score (nSPS) is 20.5. The van der Waals surface area contributed by atoms with E-state index >= 15 is 0 Å². The quantitative estimate of drug-likeness (QED) is 0.631. The van der Waals surface area contributed by atoms with Crippen LogP contribution in [0.3, 0.4) is 0 Å². The Labute approximate surface area is 193 Å². The van der Waals surface area contributed by atoms with Crippen LogP contribution in [0, 0.1) is 5.82 Å². The Morgan fingerprint density at radius 2 is 1.58 bits per heavy atom. The maximum Gasteiger partial charge on any atom is 0.247 e. The Kier molecular flexibility index (Phi) is 5.76. The van der Waals surface area contributed by atoms with Gasteiger partial charge in [0.2, 0.25) is 15.9 Å². The number of carbonyl (C=O) groups is 1. The van der Waals surface area contributed by atoms with Crippen molar-refractivity contribution in [2.45, 2.75) is 49.2 Å². The molecule has 1 N–H and O–H groups in total. The summed E-state index contributed by atoms with van der Waals surface area (Å²) in [6.45, 7) is 0.0200. The first-order chi connectivity index (χ1) is 15.9. The van der Waals surface area contributed by atoms with Gasteiger partial charge in [0.1, 0.15) is 16.8 Å². The topological polar surface area (TPSA) is 66.5 Å². The number of sulfonamides is 1. The van der Waals surface area contributed by atoms with Gasteiger partial charge in [0.25, 0.3) is 0 Å². The van der Waals surface area contributed by atoms with E-state index in [9.17, 15) is 17.6 Å². The highest BCUT2D eigenvalue weighted by Gasteiger charge is 2.41. The summed E-state index contributed by atoms with van der Waals surface area (Å²) >= 11 is 0. The van der Waals surface area contributed by atoms with E-state index < -0.39 is 26.8 Å². The molecule has 0 bridgehead atoms. The van der Waals surface area contributed by atoms with Crippen LogP contribution in [-0.4, -0.2) is 24.7 Å². The first-order valence-corrected chi connectivity index (χ1v) is 12.6. The number of hydrogen-bond donors (Lipinski definition) is 1. The van der Waals surface area contributed by atoms with Gasteiger partial charge in [-0.25, -0.2) is 12.8 Å². The summed E-state index contributed by atoms with van der Waals surface area (Å²) < 4.78 is 42.7. The van der Waals surface area contributed by atoms with Gasteiger partial charge in [-0.2, -0.15) is 4.31 Å². The molecule has 0 fully saturated rings. The molecule has 2 atom stereocenters. The van der Waals surface area contributed by atoms with Crippen LogP contribution in [0.4, 0.5) is 4.39 Å². The Balaban J connectivity index is 1.50. The standard InChI is InChI=1S/C26H25FN2O3S/c27-22-13-5-6-15-25(22)33(31,32)29-17-20-10-2-1-9-19(20)16-24(29)26(30)28-23-14-7-11-18-8-3-4-12-21(18)23/h1-6,8-10,12-13,15,23-24H,7,11,14,16-17H2,(H,28,30)/t23-,24-/m0/s1. The third kappa shape index (κ3) is 4.07. The summed E-state index contributed by atoms with van der Waals surface area (Å²) in [6, 6.07) is 19.7. The molecular formula is C26H25FN2O3S. The van der Waals surface area contributed by atoms with Crippen LogP contribution < -0.4 is 5.32 Å². The zero-order valence-electron chi connectivity index (χ0n) is 18.1. The highest BCUT2D eigenvalue weighted by atomic mass is 32.2. The first-order valence-electron chi connectivity index (χ1n) is 11.2. The fourth-order valence-corrected chi connectivity index (χ4v) is 6.56. The Bertz CT molecular complexity index is 1310. The number of rotatable bonds is 4. The molecular weight excluding hydrogens is 439 g/mol. The number of fused-ring (bicyclic) bond motifs is 2. The Morgan fingerprint density at radius 3 is 2.36 bits per heavy atom. The Hall–Kier alpha value is -3.03. The second-order valence-corrected chi connectivity index (χ2v) is 10.5. The number of nitrogens with zero attached hydrogens (tertiary/aromatic N) is 1. The SMILES string of the molecule is O=C(N[C@H]1CCCc2ccccc21)[C@@H]1Cc2ccccc2CN1S(=O)(=O)c1ccccc1F. The van der Waals surface area contributed by atoms with Crippen LogP contribution >= 0.6 is 0 Å². The number of nitrogens with one attached hydrogen (secondary N) is 1. The second-order valence-electron chi connectivity index (χ2n) is 8.62. The third-order valence-electron chi connectivity index (χ3n) is 6.62. The minimum Gasteiger partial charge on any atom is -0.348 e. The molecule has 2 aliphatic rings.